The molecule has 0 aromatic heterocycles. The average molecular weight is 323 g/mol. The third-order valence-electron chi connectivity index (χ3n) is 2.90. The second kappa shape index (κ2) is 6.51. The number of aromatic hydroxyl groups is 1. The molecule has 0 amide bonds. The van der Waals surface area contributed by atoms with E-state index in [0.29, 0.717) is 10.6 Å². The van der Waals surface area contributed by atoms with Crippen LogP contribution in [0.3, 0.4) is 0 Å². The van der Waals surface area contributed by atoms with Gasteiger partial charge in [-0.05, 0) is 35.9 Å². The molecule has 0 fully saturated rings. The van der Waals surface area contributed by atoms with Crippen LogP contribution >= 0.6 is 11.8 Å². The van der Waals surface area contributed by atoms with Gasteiger partial charge in [0.05, 0.1) is 4.90 Å². The molecule has 0 aliphatic rings. The molecule has 4 nitrogen and oxygen atoms in total. The van der Waals surface area contributed by atoms with Gasteiger partial charge in [0.1, 0.15) is 5.75 Å². The first kappa shape index (κ1) is 15.9. The molecule has 0 spiro atoms. The van der Waals surface area contributed by atoms with Gasteiger partial charge in [-0.25, -0.2) is 12.7 Å². The molecule has 0 aliphatic carbocycles. The Morgan fingerprint density at radius 3 is 2.48 bits per heavy atom. The minimum absolute atomic E-state index is 0.226. The minimum atomic E-state index is -3.40. The summed E-state index contributed by atoms with van der Waals surface area (Å²) < 4.78 is 25.4. The van der Waals surface area contributed by atoms with Crippen molar-refractivity contribution < 1.29 is 13.5 Å². The van der Waals surface area contributed by atoms with Gasteiger partial charge < -0.3 is 5.11 Å². The minimum Gasteiger partial charge on any atom is -0.508 e. The van der Waals surface area contributed by atoms with E-state index in [2.05, 4.69) is 0 Å². The van der Waals surface area contributed by atoms with Gasteiger partial charge in [-0.3, -0.25) is 0 Å². The fourth-order valence-corrected chi connectivity index (χ4v) is 3.61. The number of nitrogens with zero attached hydrogens (tertiary/aromatic N) is 1. The van der Waals surface area contributed by atoms with E-state index in [1.807, 2.05) is 12.1 Å². The van der Waals surface area contributed by atoms with Gasteiger partial charge in [0.15, 0.2) is 0 Å². The fourth-order valence-electron chi connectivity index (χ4n) is 1.75. The fraction of sp³-hybridized carbons (Fsp3) is 0.200. The third-order valence-corrected chi connectivity index (χ3v) is 5.78. The first-order chi connectivity index (χ1) is 9.89. The lowest BCUT2D eigenvalue weighted by molar-refractivity contribution is 0.474. The maximum atomic E-state index is 12.1. The molecule has 0 unspecified atom stereocenters. The number of benzene rings is 2. The molecule has 0 bridgehead atoms. The SMILES string of the molecule is CN(C)S(=O)(=O)c1cccc(CSc2cccc(O)c2)c1. The number of rotatable bonds is 5. The number of hydrogen-bond acceptors (Lipinski definition) is 4. The summed E-state index contributed by atoms with van der Waals surface area (Å²) in [4.78, 5) is 1.23. The zero-order valence-electron chi connectivity index (χ0n) is 11.9. The van der Waals surface area contributed by atoms with Crippen LogP contribution in [0.25, 0.3) is 0 Å². The monoisotopic (exact) mass is 323 g/mol. The van der Waals surface area contributed by atoms with Crippen molar-refractivity contribution in [1.82, 2.24) is 4.31 Å². The standard InChI is InChI=1S/C15H17NO3S2/c1-16(2)21(18,19)15-8-3-5-12(9-15)11-20-14-7-4-6-13(17)10-14/h3-10,17H,11H2,1-2H3. The summed E-state index contributed by atoms with van der Waals surface area (Å²) in [7, 11) is -0.370. The predicted molar refractivity (Wildman–Crippen MR) is 85.0 cm³/mol. The summed E-state index contributed by atoms with van der Waals surface area (Å²) >= 11 is 1.55. The second-order valence-corrected chi connectivity index (χ2v) is 7.92. The van der Waals surface area contributed by atoms with Crippen LogP contribution < -0.4 is 0 Å². The zero-order chi connectivity index (χ0) is 15.5. The van der Waals surface area contributed by atoms with E-state index in [1.165, 1.54) is 18.4 Å². The Kier molecular flexibility index (Phi) is 4.92. The molecule has 0 radical (unpaired) electrons. The summed E-state index contributed by atoms with van der Waals surface area (Å²) in [5.41, 5.74) is 0.922. The van der Waals surface area contributed by atoms with E-state index in [1.54, 1.807) is 48.2 Å². The summed E-state index contributed by atoms with van der Waals surface area (Å²) in [6.45, 7) is 0. The highest BCUT2D eigenvalue weighted by atomic mass is 32.2. The number of phenolic OH excluding ortho intramolecular Hbond substituents is 1. The lowest BCUT2D eigenvalue weighted by Gasteiger charge is -2.12. The van der Waals surface area contributed by atoms with E-state index in [0.717, 1.165) is 10.5 Å². The molecule has 0 saturated carbocycles. The maximum Gasteiger partial charge on any atom is 0.242 e. The van der Waals surface area contributed by atoms with E-state index < -0.39 is 10.0 Å². The van der Waals surface area contributed by atoms with Crippen molar-refractivity contribution in [3.8, 4) is 5.75 Å². The summed E-state index contributed by atoms with van der Waals surface area (Å²) in [6.07, 6.45) is 0. The van der Waals surface area contributed by atoms with E-state index in [4.69, 9.17) is 0 Å². The van der Waals surface area contributed by atoms with Gasteiger partial charge >= 0.3 is 0 Å². The molecule has 112 valence electrons. The first-order valence-electron chi connectivity index (χ1n) is 6.33. The molecule has 2 aromatic carbocycles. The van der Waals surface area contributed by atoms with Crippen molar-refractivity contribution in [2.45, 2.75) is 15.5 Å². The van der Waals surface area contributed by atoms with Crippen LogP contribution in [0.1, 0.15) is 5.56 Å². The summed E-state index contributed by atoms with van der Waals surface area (Å²) in [5, 5.41) is 9.42. The zero-order valence-corrected chi connectivity index (χ0v) is 13.5. The van der Waals surface area contributed by atoms with Gasteiger partial charge in [-0.15, -0.1) is 11.8 Å². The molecular formula is C15H17NO3S2. The molecular weight excluding hydrogens is 306 g/mol. The molecule has 6 heteroatoms. The Morgan fingerprint density at radius 1 is 1.10 bits per heavy atom. The van der Waals surface area contributed by atoms with Crippen LogP contribution in [0.15, 0.2) is 58.3 Å². The van der Waals surface area contributed by atoms with Crippen LogP contribution in [-0.2, 0) is 15.8 Å². The van der Waals surface area contributed by atoms with E-state index >= 15 is 0 Å². The van der Waals surface area contributed by atoms with Crippen molar-refractivity contribution in [3.05, 3.63) is 54.1 Å². The second-order valence-electron chi connectivity index (χ2n) is 4.72. The van der Waals surface area contributed by atoms with E-state index in [-0.39, 0.29) is 5.75 Å². The smallest absolute Gasteiger partial charge is 0.242 e. The Labute approximate surface area is 129 Å². The van der Waals surface area contributed by atoms with E-state index in [9.17, 15) is 13.5 Å². The predicted octanol–water partition coefficient (Wildman–Crippen LogP) is 2.93. The van der Waals surface area contributed by atoms with Crippen molar-refractivity contribution in [1.29, 1.82) is 0 Å². The molecule has 0 heterocycles. The number of phenols is 1. The lowest BCUT2D eigenvalue weighted by Crippen LogP contribution is -2.22. The quantitative estimate of drug-likeness (QED) is 0.860. The Morgan fingerprint density at radius 2 is 1.81 bits per heavy atom. The van der Waals surface area contributed by atoms with Gasteiger partial charge in [-0.2, -0.15) is 0 Å². The number of sulfonamides is 1. The average Bonchev–Trinajstić information content (AvgIpc) is 2.45. The lowest BCUT2D eigenvalue weighted by atomic mass is 10.2. The van der Waals surface area contributed by atoms with Crippen molar-refractivity contribution >= 4 is 21.8 Å². The molecule has 0 aliphatic heterocycles. The number of thioether (sulfide) groups is 1. The van der Waals surface area contributed by atoms with Gasteiger partial charge in [0.25, 0.3) is 0 Å². The molecule has 0 saturated heterocycles. The van der Waals surface area contributed by atoms with Gasteiger partial charge in [-0.1, -0.05) is 18.2 Å². The Hall–Kier alpha value is -1.50. The third kappa shape index (κ3) is 4.00. The molecule has 21 heavy (non-hydrogen) atoms. The van der Waals surface area contributed by atoms with Crippen molar-refractivity contribution in [3.63, 3.8) is 0 Å². The van der Waals surface area contributed by atoms with Crippen LogP contribution in [0.4, 0.5) is 0 Å². The molecule has 1 N–H and O–H groups in total. The van der Waals surface area contributed by atoms with Crippen LogP contribution in [-0.4, -0.2) is 31.9 Å². The highest BCUT2D eigenvalue weighted by Crippen LogP contribution is 2.26. The topological polar surface area (TPSA) is 57.6 Å². The summed E-state index contributed by atoms with van der Waals surface area (Å²) in [6, 6.07) is 13.9. The highest BCUT2D eigenvalue weighted by molar-refractivity contribution is 7.98. The normalized spacial score (nSPS) is 11.8. The van der Waals surface area contributed by atoms with Crippen molar-refractivity contribution in [2.75, 3.05) is 14.1 Å². The number of hydrogen-bond donors (Lipinski definition) is 1. The Bertz CT molecular complexity index is 727. The van der Waals surface area contributed by atoms with Gasteiger partial charge in [0.2, 0.25) is 10.0 Å². The Balaban J connectivity index is 2.15. The van der Waals surface area contributed by atoms with Crippen LogP contribution in [0.2, 0.25) is 0 Å². The van der Waals surface area contributed by atoms with Crippen LogP contribution in [0.5, 0.6) is 5.75 Å². The maximum absolute atomic E-state index is 12.1. The summed E-state index contributed by atoms with van der Waals surface area (Å²) in [5.74, 6) is 0.865. The van der Waals surface area contributed by atoms with Crippen molar-refractivity contribution in [2.24, 2.45) is 0 Å². The molecule has 0 atom stereocenters. The van der Waals surface area contributed by atoms with Crippen LogP contribution in [0, 0.1) is 0 Å². The molecule has 2 rings (SSSR count). The van der Waals surface area contributed by atoms with Gasteiger partial charge in [0, 0.05) is 24.7 Å². The largest absolute Gasteiger partial charge is 0.508 e. The highest BCUT2D eigenvalue weighted by Gasteiger charge is 2.17. The first-order valence-corrected chi connectivity index (χ1v) is 8.75. The molecule has 2 aromatic rings.